The predicted molar refractivity (Wildman–Crippen MR) is 54.2 cm³/mol. The van der Waals surface area contributed by atoms with Crippen LogP contribution < -0.4 is 5.32 Å². The molecule has 1 aromatic heterocycles. The summed E-state index contributed by atoms with van der Waals surface area (Å²) in [7, 11) is 0. The second-order valence-corrected chi connectivity index (χ2v) is 4.03. The molecule has 1 aromatic rings. The van der Waals surface area contributed by atoms with Gasteiger partial charge in [-0.1, -0.05) is 0 Å². The summed E-state index contributed by atoms with van der Waals surface area (Å²) in [5.41, 5.74) is 1.99. The van der Waals surface area contributed by atoms with Crippen molar-refractivity contribution in [1.82, 2.24) is 9.88 Å². The van der Waals surface area contributed by atoms with Crippen molar-refractivity contribution >= 4 is 28.5 Å². The van der Waals surface area contributed by atoms with Gasteiger partial charge in [0, 0.05) is 22.4 Å². The van der Waals surface area contributed by atoms with E-state index < -0.39 is 0 Å². The van der Waals surface area contributed by atoms with Gasteiger partial charge in [-0.05, 0) is 35.6 Å². The lowest BCUT2D eigenvalue weighted by Crippen LogP contribution is -2.35. The first-order valence-corrected chi connectivity index (χ1v) is 4.92. The maximum atomic E-state index is 11.3. The summed E-state index contributed by atoms with van der Waals surface area (Å²) in [4.78, 5) is 11.3. The largest absolute Gasteiger partial charge is 0.349 e. The zero-order valence-corrected chi connectivity index (χ0v) is 8.88. The van der Waals surface area contributed by atoms with Crippen molar-refractivity contribution in [1.29, 1.82) is 0 Å². The molecule has 0 bridgehead atoms. The molecule has 0 aromatic carbocycles. The Balaban J connectivity index is 2.60. The van der Waals surface area contributed by atoms with Crippen LogP contribution in [0.2, 0.25) is 0 Å². The molecule has 1 amide bonds. The fourth-order valence-electron chi connectivity index (χ4n) is 1.46. The number of nitrogens with zero attached hydrogens (tertiary/aromatic N) is 1. The molecular formula is C8H9IN2O. The number of carbonyl (C=O) groups is 1. The first-order chi connectivity index (χ1) is 5.70. The second kappa shape index (κ2) is 2.76. The minimum Gasteiger partial charge on any atom is -0.349 e. The van der Waals surface area contributed by atoms with Crippen molar-refractivity contribution in [2.24, 2.45) is 0 Å². The molecular weight excluding hydrogens is 267 g/mol. The minimum atomic E-state index is 0.0484. The molecule has 1 aliphatic rings. The number of hydrogen-bond donors (Lipinski definition) is 1. The second-order valence-electron chi connectivity index (χ2n) is 2.87. The van der Waals surface area contributed by atoms with Gasteiger partial charge in [0.05, 0.1) is 0 Å². The third-order valence-corrected chi connectivity index (χ3v) is 3.25. The highest BCUT2D eigenvalue weighted by Gasteiger charge is 2.19. The SMILES string of the molecule is Cc1c(I)cc2n1CCNC2=O. The lowest BCUT2D eigenvalue weighted by molar-refractivity contribution is 0.0927. The maximum absolute atomic E-state index is 11.3. The Morgan fingerprint density at radius 3 is 3.08 bits per heavy atom. The van der Waals surface area contributed by atoms with Crippen molar-refractivity contribution in [3.8, 4) is 0 Å². The van der Waals surface area contributed by atoms with E-state index in [1.807, 2.05) is 13.0 Å². The number of fused-ring (bicyclic) bond motifs is 1. The topological polar surface area (TPSA) is 34.0 Å². The molecule has 0 unspecified atom stereocenters. The quantitative estimate of drug-likeness (QED) is 0.708. The fraction of sp³-hybridized carbons (Fsp3) is 0.375. The normalized spacial score (nSPS) is 15.7. The Kier molecular flexibility index (Phi) is 1.86. The smallest absolute Gasteiger partial charge is 0.268 e. The molecule has 64 valence electrons. The number of halogens is 1. The number of rotatable bonds is 0. The van der Waals surface area contributed by atoms with Gasteiger partial charge in [-0.15, -0.1) is 0 Å². The van der Waals surface area contributed by atoms with Gasteiger partial charge >= 0.3 is 0 Å². The lowest BCUT2D eigenvalue weighted by atomic mass is 10.3. The zero-order chi connectivity index (χ0) is 8.72. The number of aromatic nitrogens is 1. The molecule has 2 heterocycles. The Morgan fingerprint density at radius 1 is 1.67 bits per heavy atom. The predicted octanol–water partition coefficient (Wildman–Crippen LogP) is 1.14. The Hall–Kier alpha value is -0.520. The maximum Gasteiger partial charge on any atom is 0.268 e. The highest BCUT2D eigenvalue weighted by atomic mass is 127. The Morgan fingerprint density at radius 2 is 2.42 bits per heavy atom. The van der Waals surface area contributed by atoms with Gasteiger partial charge in [-0.3, -0.25) is 4.79 Å². The van der Waals surface area contributed by atoms with Gasteiger partial charge in [0.1, 0.15) is 5.69 Å². The molecule has 0 fully saturated rings. The Bertz CT molecular complexity index is 343. The van der Waals surface area contributed by atoms with Crippen LogP contribution in [0, 0.1) is 10.5 Å². The third-order valence-electron chi connectivity index (χ3n) is 2.16. The van der Waals surface area contributed by atoms with Gasteiger partial charge in [0.25, 0.3) is 5.91 Å². The van der Waals surface area contributed by atoms with Crippen LogP contribution in [0.1, 0.15) is 16.2 Å². The first-order valence-electron chi connectivity index (χ1n) is 3.84. The number of amides is 1. The highest BCUT2D eigenvalue weighted by molar-refractivity contribution is 14.1. The van der Waals surface area contributed by atoms with Crippen LogP contribution >= 0.6 is 22.6 Å². The molecule has 2 rings (SSSR count). The summed E-state index contributed by atoms with van der Waals surface area (Å²) in [5.74, 6) is 0.0484. The number of carbonyl (C=O) groups excluding carboxylic acids is 1. The fourth-order valence-corrected chi connectivity index (χ4v) is 2.05. The van der Waals surface area contributed by atoms with Crippen molar-refractivity contribution in [2.75, 3.05) is 6.54 Å². The molecule has 0 radical (unpaired) electrons. The standard InChI is InChI=1S/C8H9IN2O/c1-5-6(9)4-7-8(12)10-2-3-11(5)7/h4H,2-3H2,1H3,(H,10,12). The summed E-state index contributed by atoms with van der Waals surface area (Å²) in [5, 5.41) is 2.82. The van der Waals surface area contributed by atoms with Gasteiger partial charge in [-0.2, -0.15) is 0 Å². The average Bonchev–Trinajstić information content (AvgIpc) is 2.32. The highest BCUT2D eigenvalue weighted by Crippen LogP contribution is 2.18. The van der Waals surface area contributed by atoms with Crippen LogP contribution in [0.15, 0.2) is 6.07 Å². The van der Waals surface area contributed by atoms with Crippen LogP contribution in [-0.4, -0.2) is 17.0 Å². The lowest BCUT2D eigenvalue weighted by Gasteiger charge is -2.16. The van der Waals surface area contributed by atoms with Crippen LogP contribution in [0.5, 0.6) is 0 Å². The summed E-state index contributed by atoms with van der Waals surface area (Å²) in [6, 6.07) is 1.93. The zero-order valence-electron chi connectivity index (χ0n) is 6.72. The van der Waals surface area contributed by atoms with E-state index in [-0.39, 0.29) is 5.91 Å². The van der Waals surface area contributed by atoms with Crippen LogP contribution in [0.3, 0.4) is 0 Å². The van der Waals surface area contributed by atoms with Gasteiger partial charge in [0.15, 0.2) is 0 Å². The molecule has 1 aliphatic heterocycles. The molecule has 1 N–H and O–H groups in total. The van der Waals surface area contributed by atoms with Gasteiger partial charge in [0.2, 0.25) is 0 Å². The van der Waals surface area contributed by atoms with E-state index >= 15 is 0 Å². The van der Waals surface area contributed by atoms with Crippen molar-refractivity contribution < 1.29 is 4.79 Å². The van der Waals surface area contributed by atoms with E-state index in [4.69, 9.17) is 0 Å². The van der Waals surface area contributed by atoms with Crippen LogP contribution in [0.4, 0.5) is 0 Å². The van der Waals surface area contributed by atoms with E-state index in [1.54, 1.807) is 0 Å². The van der Waals surface area contributed by atoms with Crippen LogP contribution in [0.25, 0.3) is 0 Å². The molecule has 12 heavy (non-hydrogen) atoms. The van der Waals surface area contributed by atoms with Crippen molar-refractivity contribution in [2.45, 2.75) is 13.5 Å². The van der Waals surface area contributed by atoms with E-state index in [1.165, 1.54) is 9.26 Å². The molecule has 0 saturated heterocycles. The molecule has 0 aliphatic carbocycles. The van der Waals surface area contributed by atoms with E-state index in [0.29, 0.717) is 0 Å². The van der Waals surface area contributed by atoms with E-state index in [2.05, 4.69) is 32.5 Å². The number of hydrogen-bond acceptors (Lipinski definition) is 1. The minimum absolute atomic E-state index is 0.0484. The Labute approximate surface area is 84.3 Å². The van der Waals surface area contributed by atoms with Gasteiger partial charge in [-0.25, -0.2) is 0 Å². The van der Waals surface area contributed by atoms with Crippen LogP contribution in [-0.2, 0) is 6.54 Å². The summed E-state index contributed by atoms with van der Waals surface area (Å²) >= 11 is 2.25. The molecule has 3 nitrogen and oxygen atoms in total. The summed E-state index contributed by atoms with van der Waals surface area (Å²) in [6.45, 7) is 3.69. The van der Waals surface area contributed by atoms with Gasteiger partial charge < -0.3 is 9.88 Å². The molecule has 0 saturated carbocycles. The third kappa shape index (κ3) is 1.05. The monoisotopic (exact) mass is 276 g/mol. The summed E-state index contributed by atoms with van der Waals surface area (Å²) < 4.78 is 3.24. The first kappa shape index (κ1) is 8.10. The molecule has 4 heteroatoms. The number of nitrogens with one attached hydrogen (secondary N) is 1. The molecule has 0 spiro atoms. The van der Waals surface area contributed by atoms with E-state index in [0.717, 1.165) is 18.8 Å². The van der Waals surface area contributed by atoms with Crippen molar-refractivity contribution in [3.63, 3.8) is 0 Å². The van der Waals surface area contributed by atoms with E-state index in [9.17, 15) is 4.79 Å². The molecule has 0 atom stereocenters. The van der Waals surface area contributed by atoms with Crippen molar-refractivity contribution in [3.05, 3.63) is 21.0 Å². The average molecular weight is 276 g/mol. The summed E-state index contributed by atoms with van der Waals surface area (Å²) in [6.07, 6.45) is 0.